The van der Waals surface area contributed by atoms with Crippen molar-refractivity contribution in [2.24, 2.45) is 5.92 Å². The fourth-order valence-corrected chi connectivity index (χ4v) is 3.53. The van der Waals surface area contributed by atoms with E-state index in [0.29, 0.717) is 18.2 Å². The van der Waals surface area contributed by atoms with Crippen LogP contribution < -0.4 is 10.5 Å². The monoisotopic (exact) mass is 283 g/mol. The molecule has 0 radical (unpaired) electrons. The maximum Gasteiger partial charge on any atom is 0.240 e. The van der Waals surface area contributed by atoms with Crippen LogP contribution in [0, 0.1) is 5.92 Å². The maximum absolute atomic E-state index is 12.1. The molecule has 1 unspecified atom stereocenters. The van der Waals surface area contributed by atoms with Gasteiger partial charge in [0.15, 0.2) is 0 Å². The molecule has 19 heavy (non-hydrogen) atoms. The van der Waals surface area contributed by atoms with Crippen molar-refractivity contribution < 1.29 is 8.42 Å². The molecular weight excluding hydrogens is 262 g/mol. The van der Waals surface area contributed by atoms with Gasteiger partial charge in [-0.25, -0.2) is 13.1 Å². The third kappa shape index (κ3) is 3.68. The van der Waals surface area contributed by atoms with Crippen LogP contribution in [0.3, 0.4) is 0 Å². The summed E-state index contributed by atoms with van der Waals surface area (Å²) in [5, 5.41) is 0. The zero-order valence-electron chi connectivity index (χ0n) is 11.2. The lowest BCUT2D eigenvalue weighted by Gasteiger charge is -2.14. The van der Waals surface area contributed by atoms with Crippen LogP contribution in [0.1, 0.15) is 13.3 Å². The van der Waals surface area contributed by atoms with E-state index in [2.05, 4.69) is 16.5 Å². The average Bonchev–Trinajstić information content (AvgIpc) is 2.84. The first-order valence-electron chi connectivity index (χ1n) is 6.59. The van der Waals surface area contributed by atoms with Crippen LogP contribution in [-0.4, -0.2) is 39.5 Å². The van der Waals surface area contributed by atoms with Gasteiger partial charge in [-0.1, -0.05) is 13.0 Å². The smallest absolute Gasteiger partial charge is 0.240 e. The van der Waals surface area contributed by atoms with Gasteiger partial charge in [0.1, 0.15) is 0 Å². The van der Waals surface area contributed by atoms with Crippen LogP contribution in [0.5, 0.6) is 0 Å². The molecule has 0 saturated carbocycles. The molecule has 1 aliphatic heterocycles. The van der Waals surface area contributed by atoms with Gasteiger partial charge in [0.2, 0.25) is 10.0 Å². The summed E-state index contributed by atoms with van der Waals surface area (Å²) in [4.78, 5) is 2.57. The van der Waals surface area contributed by atoms with Crippen molar-refractivity contribution in [1.29, 1.82) is 0 Å². The third-order valence-electron chi connectivity index (χ3n) is 3.55. The van der Waals surface area contributed by atoms with Gasteiger partial charge in [-0.15, -0.1) is 0 Å². The van der Waals surface area contributed by atoms with Gasteiger partial charge in [0, 0.05) is 18.8 Å². The van der Waals surface area contributed by atoms with Crippen molar-refractivity contribution in [2.45, 2.75) is 18.2 Å². The zero-order chi connectivity index (χ0) is 13.9. The number of rotatable bonds is 5. The summed E-state index contributed by atoms with van der Waals surface area (Å²) in [5.74, 6) is 0.399. The molecule has 1 saturated heterocycles. The normalized spacial score (nSPS) is 20.8. The van der Waals surface area contributed by atoms with E-state index < -0.39 is 10.0 Å². The number of nitrogens with zero attached hydrogens (tertiary/aromatic N) is 1. The Morgan fingerprint density at radius 1 is 1.47 bits per heavy atom. The lowest BCUT2D eigenvalue weighted by molar-refractivity contribution is 0.342. The number of hydrogen-bond acceptors (Lipinski definition) is 4. The summed E-state index contributed by atoms with van der Waals surface area (Å²) in [6.45, 7) is 5.67. The fraction of sp³-hybridized carbons (Fsp3) is 0.538. The first-order chi connectivity index (χ1) is 9.01. The highest BCUT2D eigenvalue weighted by Gasteiger charge is 2.23. The molecule has 1 aromatic carbocycles. The number of benzene rings is 1. The number of nitrogen functional groups attached to an aromatic ring is 1. The molecule has 1 aliphatic rings. The minimum Gasteiger partial charge on any atom is -0.399 e. The number of likely N-dealkylation sites (tertiary alicyclic amines) is 1. The first kappa shape index (κ1) is 14.3. The molecule has 0 aromatic heterocycles. The SMILES string of the molecule is CCN1CCC(CNS(=O)(=O)c2cccc(N)c2)C1. The Kier molecular flexibility index (Phi) is 4.44. The minimum absolute atomic E-state index is 0.234. The Balaban J connectivity index is 1.95. The minimum atomic E-state index is -3.44. The summed E-state index contributed by atoms with van der Waals surface area (Å²) in [6.07, 6.45) is 1.05. The van der Waals surface area contributed by atoms with E-state index in [9.17, 15) is 8.42 Å². The summed E-state index contributed by atoms with van der Waals surface area (Å²) in [6, 6.07) is 6.37. The molecule has 1 aromatic rings. The van der Waals surface area contributed by atoms with Crippen LogP contribution in [0.2, 0.25) is 0 Å². The standard InChI is InChI=1S/C13H21N3O2S/c1-2-16-7-6-11(10-16)9-15-19(17,18)13-5-3-4-12(14)8-13/h3-5,8,11,15H,2,6-7,9-10,14H2,1H3. The van der Waals surface area contributed by atoms with Gasteiger partial charge in [-0.3, -0.25) is 0 Å². The molecule has 1 heterocycles. The number of anilines is 1. The summed E-state index contributed by atoms with van der Waals surface area (Å²) >= 11 is 0. The van der Waals surface area contributed by atoms with Crippen molar-refractivity contribution >= 4 is 15.7 Å². The molecule has 3 N–H and O–H groups in total. The van der Waals surface area contributed by atoms with E-state index in [0.717, 1.165) is 26.1 Å². The van der Waals surface area contributed by atoms with Crippen molar-refractivity contribution in [3.05, 3.63) is 24.3 Å². The third-order valence-corrected chi connectivity index (χ3v) is 4.97. The molecule has 5 nitrogen and oxygen atoms in total. The molecule has 2 rings (SSSR count). The lowest BCUT2D eigenvalue weighted by Crippen LogP contribution is -2.31. The maximum atomic E-state index is 12.1. The highest BCUT2D eigenvalue weighted by Crippen LogP contribution is 2.17. The van der Waals surface area contributed by atoms with Crippen LogP contribution in [-0.2, 0) is 10.0 Å². The predicted octanol–water partition coefficient (Wildman–Crippen LogP) is 0.889. The second kappa shape index (κ2) is 5.90. The van der Waals surface area contributed by atoms with Crippen LogP contribution in [0.4, 0.5) is 5.69 Å². The molecule has 0 aliphatic carbocycles. The van der Waals surface area contributed by atoms with Crippen molar-refractivity contribution in [1.82, 2.24) is 9.62 Å². The zero-order valence-corrected chi connectivity index (χ0v) is 12.0. The Morgan fingerprint density at radius 2 is 2.26 bits per heavy atom. The number of sulfonamides is 1. The molecule has 0 amide bonds. The Labute approximate surface area is 114 Å². The van der Waals surface area contributed by atoms with Crippen LogP contribution >= 0.6 is 0 Å². The topological polar surface area (TPSA) is 75.4 Å². The fourth-order valence-electron chi connectivity index (χ4n) is 2.36. The Morgan fingerprint density at radius 3 is 2.89 bits per heavy atom. The van der Waals surface area contributed by atoms with E-state index in [1.54, 1.807) is 18.2 Å². The second-order valence-corrected chi connectivity index (χ2v) is 6.74. The second-order valence-electron chi connectivity index (χ2n) is 4.97. The van der Waals surface area contributed by atoms with Crippen LogP contribution in [0.15, 0.2) is 29.2 Å². The summed E-state index contributed by atoms with van der Waals surface area (Å²) in [5.41, 5.74) is 6.07. The number of nitrogens with one attached hydrogen (secondary N) is 1. The average molecular weight is 283 g/mol. The van der Waals surface area contributed by atoms with Gasteiger partial charge in [-0.2, -0.15) is 0 Å². The first-order valence-corrected chi connectivity index (χ1v) is 8.07. The highest BCUT2D eigenvalue weighted by molar-refractivity contribution is 7.89. The van der Waals surface area contributed by atoms with Gasteiger partial charge in [-0.05, 0) is 43.6 Å². The summed E-state index contributed by atoms with van der Waals surface area (Å²) < 4.78 is 26.9. The molecular formula is C13H21N3O2S. The number of hydrogen-bond donors (Lipinski definition) is 2. The van der Waals surface area contributed by atoms with E-state index in [1.807, 2.05) is 0 Å². The summed E-state index contributed by atoms with van der Waals surface area (Å²) in [7, 11) is -3.44. The van der Waals surface area contributed by atoms with Gasteiger partial charge in [0.25, 0.3) is 0 Å². The molecule has 0 bridgehead atoms. The Bertz CT molecular complexity index is 530. The highest BCUT2D eigenvalue weighted by atomic mass is 32.2. The molecule has 0 spiro atoms. The van der Waals surface area contributed by atoms with E-state index in [1.165, 1.54) is 6.07 Å². The van der Waals surface area contributed by atoms with Gasteiger partial charge in [0.05, 0.1) is 4.90 Å². The number of nitrogens with two attached hydrogens (primary N) is 1. The largest absolute Gasteiger partial charge is 0.399 e. The van der Waals surface area contributed by atoms with Gasteiger partial charge >= 0.3 is 0 Å². The molecule has 106 valence electrons. The van der Waals surface area contributed by atoms with E-state index in [4.69, 9.17) is 5.73 Å². The predicted molar refractivity (Wildman–Crippen MR) is 76.3 cm³/mol. The lowest BCUT2D eigenvalue weighted by atomic mass is 10.1. The molecule has 1 atom stereocenters. The molecule has 1 fully saturated rings. The van der Waals surface area contributed by atoms with Crippen molar-refractivity contribution in [3.8, 4) is 0 Å². The van der Waals surface area contributed by atoms with Crippen molar-refractivity contribution in [3.63, 3.8) is 0 Å². The van der Waals surface area contributed by atoms with Crippen LogP contribution in [0.25, 0.3) is 0 Å². The molecule has 6 heteroatoms. The quantitative estimate of drug-likeness (QED) is 0.787. The Hall–Kier alpha value is -1.11. The van der Waals surface area contributed by atoms with Gasteiger partial charge < -0.3 is 10.6 Å². The van der Waals surface area contributed by atoms with Crippen molar-refractivity contribution in [2.75, 3.05) is 31.9 Å². The van der Waals surface area contributed by atoms with E-state index in [-0.39, 0.29) is 4.90 Å². The van der Waals surface area contributed by atoms with E-state index >= 15 is 0 Å².